The molecule has 24 heavy (non-hydrogen) atoms. The first kappa shape index (κ1) is 18.4. The second-order valence-corrected chi connectivity index (χ2v) is 7.08. The Bertz CT molecular complexity index is 668. The standard InChI is InChI=1S/C17H24N4O2S/c1-4-9-18-17(23)12(2)19-15(22)10-21(3)11-16-20-13-7-5-6-8-14(13)24-16/h5-8,12H,4,9-11H2,1-3H3,(H,18,23)(H,19,22)/p+1/t12-/m0/s1. The summed E-state index contributed by atoms with van der Waals surface area (Å²) in [4.78, 5) is 29.5. The van der Waals surface area contributed by atoms with Crippen LogP contribution in [0.15, 0.2) is 24.3 Å². The highest BCUT2D eigenvalue weighted by atomic mass is 32.1. The number of carbonyl (C=O) groups excluding carboxylic acids is 2. The van der Waals surface area contributed by atoms with E-state index in [9.17, 15) is 9.59 Å². The van der Waals surface area contributed by atoms with Gasteiger partial charge < -0.3 is 15.5 Å². The van der Waals surface area contributed by atoms with Crippen LogP contribution in [-0.4, -0.2) is 43.0 Å². The lowest BCUT2D eigenvalue weighted by atomic mass is 10.3. The second kappa shape index (κ2) is 8.75. The van der Waals surface area contributed by atoms with Crippen LogP contribution in [0, 0.1) is 0 Å². The average molecular weight is 349 g/mol. The normalized spacial score (nSPS) is 13.5. The van der Waals surface area contributed by atoms with Crippen LogP contribution in [0.25, 0.3) is 10.2 Å². The monoisotopic (exact) mass is 349 g/mol. The molecule has 130 valence electrons. The largest absolute Gasteiger partial charge is 0.354 e. The number of nitrogens with zero attached hydrogens (tertiary/aromatic N) is 1. The smallest absolute Gasteiger partial charge is 0.275 e. The second-order valence-electron chi connectivity index (χ2n) is 5.97. The summed E-state index contributed by atoms with van der Waals surface area (Å²) in [5.41, 5.74) is 0.996. The zero-order valence-corrected chi connectivity index (χ0v) is 15.2. The quantitative estimate of drug-likeness (QED) is 0.643. The molecule has 0 aliphatic heterocycles. The van der Waals surface area contributed by atoms with Gasteiger partial charge in [0, 0.05) is 6.54 Å². The molecule has 1 aromatic heterocycles. The number of likely N-dealkylation sites (N-methyl/N-ethyl adjacent to an activating group) is 1. The van der Waals surface area contributed by atoms with Crippen molar-refractivity contribution in [1.82, 2.24) is 15.6 Å². The van der Waals surface area contributed by atoms with Gasteiger partial charge in [0.05, 0.1) is 17.3 Å². The molecule has 2 amide bonds. The van der Waals surface area contributed by atoms with Crippen molar-refractivity contribution in [2.24, 2.45) is 0 Å². The Balaban J connectivity index is 1.81. The number of nitrogens with one attached hydrogen (secondary N) is 3. The molecule has 3 N–H and O–H groups in total. The van der Waals surface area contributed by atoms with E-state index in [1.54, 1.807) is 18.3 Å². The van der Waals surface area contributed by atoms with Crippen LogP contribution in [0.2, 0.25) is 0 Å². The van der Waals surface area contributed by atoms with Gasteiger partial charge in [-0.2, -0.15) is 0 Å². The van der Waals surface area contributed by atoms with Gasteiger partial charge in [0.1, 0.15) is 17.6 Å². The van der Waals surface area contributed by atoms with E-state index in [2.05, 4.69) is 21.7 Å². The van der Waals surface area contributed by atoms with Gasteiger partial charge in [0.15, 0.2) is 6.54 Å². The van der Waals surface area contributed by atoms with E-state index >= 15 is 0 Å². The lowest BCUT2D eigenvalue weighted by Gasteiger charge is -2.16. The van der Waals surface area contributed by atoms with Gasteiger partial charge in [0.2, 0.25) is 5.91 Å². The summed E-state index contributed by atoms with van der Waals surface area (Å²) in [6.45, 7) is 5.31. The first-order valence-corrected chi connectivity index (χ1v) is 9.04. The summed E-state index contributed by atoms with van der Waals surface area (Å²) < 4.78 is 1.16. The van der Waals surface area contributed by atoms with Crippen molar-refractivity contribution in [3.63, 3.8) is 0 Å². The number of hydrogen-bond acceptors (Lipinski definition) is 4. The van der Waals surface area contributed by atoms with E-state index in [4.69, 9.17) is 0 Å². The third kappa shape index (κ3) is 5.28. The predicted octanol–water partition coefficient (Wildman–Crippen LogP) is 0.342. The van der Waals surface area contributed by atoms with Gasteiger partial charge in [-0.05, 0) is 25.5 Å². The van der Waals surface area contributed by atoms with E-state index < -0.39 is 6.04 Å². The van der Waals surface area contributed by atoms with Crippen LogP contribution in [0.3, 0.4) is 0 Å². The lowest BCUT2D eigenvalue weighted by Crippen LogP contribution is -3.09. The lowest BCUT2D eigenvalue weighted by molar-refractivity contribution is -0.885. The van der Waals surface area contributed by atoms with Crippen molar-refractivity contribution in [1.29, 1.82) is 0 Å². The first-order valence-electron chi connectivity index (χ1n) is 8.22. The number of rotatable bonds is 8. The Morgan fingerprint density at radius 2 is 2.08 bits per heavy atom. The third-order valence-electron chi connectivity index (χ3n) is 3.57. The summed E-state index contributed by atoms with van der Waals surface area (Å²) in [6, 6.07) is 7.50. The Hall–Kier alpha value is -1.99. The van der Waals surface area contributed by atoms with E-state index in [0.29, 0.717) is 19.6 Å². The SMILES string of the molecule is CCCNC(=O)[C@H](C)NC(=O)C[NH+](C)Cc1nc2ccccc2s1. The Labute approximate surface area is 146 Å². The van der Waals surface area contributed by atoms with E-state index in [1.807, 2.05) is 32.2 Å². The fraction of sp³-hybridized carbons (Fsp3) is 0.471. The van der Waals surface area contributed by atoms with E-state index in [1.165, 1.54) is 0 Å². The van der Waals surface area contributed by atoms with Crippen molar-refractivity contribution in [3.8, 4) is 0 Å². The van der Waals surface area contributed by atoms with Crippen molar-refractivity contribution in [3.05, 3.63) is 29.3 Å². The molecule has 0 bridgehead atoms. The Kier molecular flexibility index (Phi) is 6.69. The molecule has 0 radical (unpaired) electrons. The van der Waals surface area contributed by atoms with Gasteiger partial charge in [-0.25, -0.2) is 4.98 Å². The van der Waals surface area contributed by atoms with Crippen molar-refractivity contribution >= 4 is 33.4 Å². The molecule has 2 aromatic rings. The molecular formula is C17H25N4O2S+. The van der Waals surface area contributed by atoms with Gasteiger partial charge in [-0.1, -0.05) is 19.1 Å². The number of quaternary nitrogens is 1. The van der Waals surface area contributed by atoms with Crippen LogP contribution in [0.1, 0.15) is 25.3 Å². The summed E-state index contributed by atoms with van der Waals surface area (Å²) in [6.07, 6.45) is 0.876. The zero-order chi connectivity index (χ0) is 17.5. The van der Waals surface area contributed by atoms with Gasteiger partial charge in [-0.3, -0.25) is 9.59 Å². The van der Waals surface area contributed by atoms with E-state index in [0.717, 1.165) is 26.5 Å². The first-order chi connectivity index (χ1) is 11.5. The minimum atomic E-state index is -0.515. The molecule has 0 saturated heterocycles. The predicted molar refractivity (Wildman–Crippen MR) is 96.0 cm³/mol. The number of carbonyl (C=O) groups is 2. The minimum Gasteiger partial charge on any atom is -0.354 e. The average Bonchev–Trinajstić information content (AvgIpc) is 2.93. The molecule has 7 heteroatoms. The van der Waals surface area contributed by atoms with Crippen molar-refractivity contribution < 1.29 is 14.5 Å². The third-order valence-corrected chi connectivity index (χ3v) is 4.61. The molecule has 1 heterocycles. The topological polar surface area (TPSA) is 75.5 Å². The molecule has 0 fully saturated rings. The van der Waals surface area contributed by atoms with Crippen LogP contribution < -0.4 is 15.5 Å². The van der Waals surface area contributed by atoms with E-state index in [-0.39, 0.29) is 11.8 Å². The van der Waals surface area contributed by atoms with Gasteiger partial charge in [-0.15, -0.1) is 11.3 Å². The zero-order valence-electron chi connectivity index (χ0n) is 14.4. The Morgan fingerprint density at radius 3 is 2.79 bits per heavy atom. The molecular weight excluding hydrogens is 324 g/mol. The molecule has 0 aliphatic rings. The van der Waals surface area contributed by atoms with Crippen LogP contribution in [0.5, 0.6) is 0 Å². The highest BCUT2D eigenvalue weighted by Crippen LogP contribution is 2.20. The molecule has 1 unspecified atom stereocenters. The number of aromatic nitrogens is 1. The molecule has 6 nitrogen and oxygen atoms in total. The fourth-order valence-corrected chi connectivity index (χ4v) is 3.43. The Morgan fingerprint density at radius 1 is 1.33 bits per heavy atom. The maximum atomic E-state index is 12.1. The number of amides is 2. The number of fused-ring (bicyclic) bond motifs is 1. The number of hydrogen-bond donors (Lipinski definition) is 3. The summed E-state index contributed by atoms with van der Waals surface area (Å²) in [7, 11) is 1.95. The highest BCUT2D eigenvalue weighted by Gasteiger charge is 2.18. The van der Waals surface area contributed by atoms with Crippen LogP contribution in [0.4, 0.5) is 0 Å². The van der Waals surface area contributed by atoms with Crippen LogP contribution >= 0.6 is 11.3 Å². The molecule has 0 spiro atoms. The number of benzene rings is 1. The number of para-hydroxylation sites is 1. The summed E-state index contributed by atoms with van der Waals surface area (Å²) in [5, 5.41) is 6.53. The minimum absolute atomic E-state index is 0.132. The maximum absolute atomic E-state index is 12.1. The molecule has 0 aliphatic carbocycles. The van der Waals surface area contributed by atoms with Crippen molar-refractivity contribution in [2.75, 3.05) is 20.1 Å². The highest BCUT2D eigenvalue weighted by molar-refractivity contribution is 7.18. The fourth-order valence-electron chi connectivity index (χ4n) is 2.35. The molecule has 2 rings (SSSR count). The van der Waals surface area contributed by atoms with Gasteiger partial charge >= 0.3 is 0 Å². The summed E-state index contributed by atoms with van der Waals surface area (Å²) >= 11 is 1.65. The number of thiazole rings is 1. The van der Waals surface area contributed by atoms with Crippen molar-refractivity contribution in [2.45, 2.75) is 32.9 Å². The molecule has 1 aromatic carbocycles. The van der Waals surface area contributed by atoms with Crippen LogP contribution in [-0.2, 0) is 16.1 Å². The summed E-state index contributed by atoms with van der Waals surface area (Å²) in [5.74, 6) is -0.276. The maximum Gasteiger partial charge on any atom is 0.275 e. The molecule has 0 saturated carbocycles. The molecule has 2 atom stereocenters. The van der Waals surface area contributed by atoms with Gasteiger partial charge in [0.25, 0.3) is 5.91 Å².